The summed E-state index contributed by atoms with van der Waals surface area (Å²) in [4.78, 5) is 14.4. The van der Waals surface area contributed by atoms with Crippen molar-refractivity contribution in [2.45, 2.75) is 25.9 Å². The number of amides is 1. The van der Waals surface area contributed by atoms with Gasteiger partial charge >= 0.3 is 6.18 Å². The van der Waals surface area contributed by atoms with E-state index in [0.717, 1.165) is 35.8 Å². The number of carbonyl (C=O) groups excluding carboxylic acids is 1. The fourth-order valence-corrected chi connectivity index (χ4v) is 3.53. The van der Waals surface area contributed by atoms with Crippen LogP contribution in [0.25, 0.3) is 5.69 Å². The van der Waals surface area contributed by atoms with E-state index in [2.05, 4.69) is 10.4 Å². The van der Waals surface area contributed by atoms with Gasteiger partial charge in [-0.15, -0.1) is 12.4 Å². The van der Waals surface area contributed by atoms with Crippen molar-refractivity contribution < 1.29 is 18.0 Å². The zero-order valence-corrected chi connectivity index (χ0v) is 16.6. The molecule has 1 amide bonds. The van der Waals surface area contributed by atoms with Crippen molar-refractivity contribution in [2.24, 2.45) is 5.92 Å². The number of benzene rings is 1. The molecule has 1 saturated heterocycles. The predicted octanol–water partition coefficient (Wildman–Crippen LogP) is 3.69. The molecular formula is C19H24ClF3N4O. The second kappa shape index (κ2) is 8.96. The number of aromatic nitrogens is 2. The molecule has 0 saturated carbocycles. The van der Waals surface area contributed by atoms with E-state index in [1.165, 1.54) is 4.90 Å². The molecule has 1 aromatic heterocycles. The van der Waals surface area contributed by atoms with E-state index >= 15 is 0 Å². The lowest BCUT2D eigenvalue weighted by Gasteiger charge is -2.32. The molecule has 1 N–H and O–H groups in total. The number of likely N-dealkylation sites (tertiary alicyclic amines) is 1. The van der Waals surface area contributed by atoms with E-state index in [9.17, 15) is 18.0 Å². The van der Waals surface area contributed by atoms with Crippen molar-refractivity contribution in [1.82, 2.24) is 20.0 Å². The molecule has 0 bridgehead atoms. The first-order valence-electron chi connectivity index (χ1n) is 8.97. The number of alkyl halides is 3. The van der Waals surface area contributed by atoms with Crippen molar-refractivity contribution in [2.75, 3.05) is 26.7 Å². The topological polar surface area (TPSA) is 50.2 Å². The van der Waals surface area contributed by atoms with Gasteiger partial charge in [0.1, 0.15) is 0 Å². The Morgan fingerprint density at radius 1 is 1.29 bits per heavy atom. The van der Waals surface area contributed by atoms with Crippen LogP contribution in [0.2, 0.25) is 0 Å². The molecule has 0 radical (unpaired) electrons. The van der Waals surface area contributed by atoms with Crippen LogP contribution in [0.4, 0.5) is 13.2 Å². The van der Waals surface area contributed by atoms with Crippen LogP contribution in [0.1, 0.15) is 34.5 Å². The summed E-state index contributed by atoms with van der Waals surface area (Å²) in [7, 11) is 1.83. The van der Waals surface area contributed by atoms with E-state index in [1.54, 1.807) is 24.3 Å². The zero-order valence-electron chi connectivity index (χ0n) is 15.8. The predicted molar refractivity (Wildman–Crippen MR) is 103 cm³/mol. The standard InChI is InChI=1S/C19H23F3N4O.ClH/c1-13-5-7-15(8-6-13)26-17(19(20,21)22)16(11-24-26)18(27)25-9-3-4-14(12-25)10-23-2;/h5-8,11,14,23H,3-4,9-10,12H2,1-2H3;1H. The highest BCUT2D eigenvalue weighted by Gasteiger charge is 2.41. The number of halogens is 4. The van der Waals surface area contributed by atoms with Gasteiger partial charge < -0.3 is 10.2 Å². The molecule has 1 fully saturated rings. The molecule has 28 heavy (non-hydrogen) atoms. The van der Waals surface area contributed by atoms with Crippen molar-refractivity contribution in [3.8, 4) is 5.69 Å². The molecule has 0 aliphatic carbocycles. The maximum Gasteiger partial charge on any atom is 0.434 e. The highest BCUT2D eigenvalue weighted by molar-refractivity contribution is 5.95. The molecule has 154 valence electrons. The molecule has 2 aromatic rings. The Bertz CT molecular complexity index is 803. The first-order chi connectivity index (χ1) is 12.8. The molecule has 9 heteroatoms. The summed E-state index contributed by atoms with van der Waals surface area (Å²) in [6.45, 7) is 3.50. The maximum absolute atomic E-state index is 13.8. The lowest BCUT2D eigenvalue weighted by molar-refractivity contribution is -0.143. The van der Waals surface area contributed by atoms with Crippen LogP contribution in [0, 0.1) is 12.8 Å². The molecule has 1 unspecified atom stereocenters. The average molecular weight is 417 g/mol. The molecule has 1 aromatic carbocycles. The lowest BCUT2D eigenvalue weighted by Crippen LogP contribution is -2.43. The first kappa shape index (κ1) is 22.2. The number of nitrogens with one attached hydrogen (secondary N) is 1. The molecule has 0 spiro atoms. The van der Waals surface area contributed by atoms with Crippen LogP contribution in [-0.2, 0) is 6.18 Å². The average Bonchev–Trinajstić information content (AvgIpc) is 3.08. The minimum absolute atomic E-state index is 0. The summed E-state index contributed by atoms with van der Waals surface area (Å²) in [5, 5.41) is 6.96. The monoisotopic (exact) mass is 416 g/mol. The van der Waals surface area contributed by atoms with Gasteiger partial charge in [0.25, 0.3) is 5.91 Å². The number of nitrogens with zero attached hydrogens (tertiary/aromatic N) is 3. The third-order valence-corrected chi connectivity index (χ3v) is 4.85. The summed E-state index contributed by atoms with van der Waals surface area (Å²) in [6, 6.07) is 6.56. The van der Waals surface area contributed by atoms with E-state index in [4.69, 9.17) is 0 Å². The third-order valence-electron chi connectivity index (χ3n) is 4.85. The van der Waals surface area contributed by atoms with Crippen molar-refractivity contribution >= 4 is 18.3 Å². The highest BCUT2D eigenvalue weighted by atomic mass is 35.5. The van der Waals surface area contributed by atoms with Gasteiger partial charge in [-0.2, -0.15) is 18.3 Å². The van der Waals surface area contributed by atoms with Gasteiger partial charge in [0.05, 0.1) is 17.4 Å². The van der Waals surface area contributed by atoms with Crippen LogP contribution in [0.3, 0.4) is 0 Å². The van der Waals surface area contributed by atoms with Crippen molar-refractivity contribution in [3.05, 3.63) is 47.3 Å². The molecular weight excluding hydrogens is 393 g/mol. The number of hydrogen-bond acceptors (Lipinski definition) is 3. The summed E-state index contributed by atoms with van der Waals surface area (Å²) >= 11 is 0. The Kier molecular flexibility index (Phi) is 7.11. The van der Waals surface area contributed by atoms with Crippen molar-refractivity contribution in [1.29, 1.82) is 0 Å². The number of carbonyl (C=O) groups is 1. The van der Waals surface area contributed by atoms with Crippen molar-refractivity contribution in [3.63, 3.8) is 0 Å². The number of hydrogen-bond donors (Lipinski definition) is 1. The number of piperidine rings is 1. The van der Waals surface area contributed by atoms with Crippen LogP contribution >= 0.6 is 12.4 Å². The summed E-state index contributed by atoms with van der Waals surface area (Å²) in [5.74, 6) is -0.365. The summed E-state index contributed by atoms with van der Waals surface area (Å²) in [6.07, 6.45) is -1.91. The van der Waals surface area contributed by atoms with Gasteiger partial charge in [-0.1, -0.05) is 17.7 Å². The smallest absolute Gasteiger partial charge is 0.338 e. The van der Waals surface area contributed by atoms with Gasteiger partial charge in [0.2, 0.25) is 0 Å². The Labute approximate surface area is 168 Å². The van der Waals surface area contributed by atoms with Crippen LogP contribution in [-0.4, -0.2) is 47.3 Å². The second-order valence-electron chi connectivity index (χ2n) is 6.97. The van der Waals surface area contributed by atoms with E-state index in [-0.39, 0.29) is 24.0 Å². The quantitative estimate of drug-likeness (QED) is 0.827. The van der Waals surface area contributed by atoms with Crippen LogP contribution in [0.5, 0.6) is 0 Å². The lowest BCUT2D eigenvalue weighted by atomic mass is 9.97. The van der Waals surface area contributed by atoms with E-state index in [1.807, 2.05) is 14.0 Å². The minimum atomic E-state index is -4.69. The first-order valence-corrected chi connectivity index (χ1v) is 8.97. The van der Waals surface area contributed by atoms with E-state index < -0.39 is 23.3 Å². The summed E-state index contributed by atoms with van der Waals surface area (Å²) in [5.41, 5.74) is -0.210. The van der Waals surface area contributed by atoms with Gasteiger partial charge in [-0.25, -0.2) is 4.68 Å². The summed E-state index contributed by atoms with van der Waals surface area (Å²) < 4.78 is 42.2. The molecule has 1 aliphatic rings. The molecule has 2 heterocycles. The van der Waals surface area contributed by atoms with Gasteiger partial charge in [0, 0.05) is 13.1 Å². The highest BCUT2D eigenvalue weighted by Crippen LogP contribution is 2.34. The number of rotatable bonds is 4. The van der Waals surface area contributed by atoms with Gasteiger partial charge in [-0.3, -0.25) is 4.79 Å². The second-order valence-corrected chi connectivity index (χ2v) is 6.97. The fourth-order valence-electron chi connectivity index (χ4n) is 3.53. The Morgan fingerprint density at radius 2 is 1.96 bits per heavy atom. The minimum Gasteiger partial charge on any atom is -0.338 e. The van der Waals surface area contributed by atoms with E-state index in [0.29, 0.717) is 13.1 Å². The molecule has 1 aliphatic heterocycles. The number of aryl methyl sites for hydroxylation is 1. The third kappa shape index (κ3) is 4.67. The molecule has 5 nitrogen and oxygen atoms in total. The normalized spacial score (nSPS) is 17.3. The van der Waals surface area contributed by atoms with Gasteiger partial charge in [-0.05, 0) is 51.4 Å². The fraction of sp³-hybridized carbons (Fsp3) is 0.474. The Balaban J connectivity index is 0.00000280. The van der Waals surface area contributed by atoms with Crippen LogP contribution < -0.4 is 5.32 Å². The largest absolute Gasteiger partial charge is 0.434 e. The Morgan fingerprint density at radius 3 is 2.57 bits per heavy atom. The van der Waals surface area contributed by atoms with Gasteiger partial charge in [0.15, 0.2) is 5.69 Å². The molecule has 3 rings (SSSR count). The van der Waals surface area contributed by atoms with Crippen LogP contribution in [0.15, 0.2) is 30.5 Å². The molecule has 1 atom stereocenters. The maximum atomic E-state index is 13.8. The Hall–Kier alpha value is -2.06. The zero-order chi connectivity index (χ0) is 19.6. The SMILES string of the molecule is CNCC1CCCN(C(=O)c2cnn(-c3ccc(C)cc3)c2C(F)(F)F)C1.Cl.